The topological polar surface area (TPSA) is 9.23 Å². The Kier molecular flexibility index (Phi) is 3.83. The summed E-state index contributed by atoms with van der Waals surface area (Å²) in [6.07, 6.45) is 0. The molecule has 0 saturated heterocycles. The van der Waals surface area contributed by atoms with Crippen LogP contribution in [0.2, 0.25) is 0 Å². The Bertz CT molecular complexity index is 453. The fourth-order valence-electron chi connectivity index (χ4n) is 1.13. The lowest BCUT2D eigenvalue weighted by atomic mass is 10.3. The molecule has 0 amide bonds. The number of ether oxygens (including phenoxy) is 1. The second-order valence-electron chi connectivity index (χ2n) is 2.91. The second-order valence-corrected chi connectivity index (χ2v) is 5.62. The molecule has 78 valence electrons. The summed E-state index contributed by atoms with van der Waals surface area (Å²) in [5.41, 5.74) is 0. The van der Waals surface area contributed by atoms with Crippen molar-refractivity contribution in [1.29, 1.82) is 0 Å². The highest BCUT2D eigenvalue weighted by Gasteiger charge is 2.03. The number of thiophene rings is 1. The molecule has 1 heterocycles. The van der Waals surface area contributed by atoms with E-state index in [2.05, 4.69) is 31.9 Å². The van der Waals surface area contributed by atoms with Gasteiger partial charge in [0.05, 0.1) is 9.35 Å². The van der Waals surface area contributed by atoms with Gasteiger partial charge in [-0.3, -0.25) is 0 Å². The highest BCUT2D eigenvalue weighted by atomic mass is 79.9. The smallest absolute Gasteiger partial charge is 0.134 e. The number of benzene rings is 1. The van der Waals surface area contributed by atoms with E-state index >= 15 is 0 Å². The van der Waals surface area contributed by atoms with Gasteiger partial charge in [0.2, 0.25) is 0 Å². The molecule has 1 aromatic carbocycles. The Morgan fingerprint density at radius 3 is 2.53 bits per heavy atom. The summed E-state index contributed by atoms with van der Waals surface area (Å²) in [7, 11) is 0. The number of rotatable bonds is 3. The van der Waals surface area contributed by atoms with Crippen molar-refractivity contribution in [2.45, 2.75) is 6.61 Å². The van der Waals surface area contributed by atoms with E-state index in [1.54, 1.807) is 11.3 Å². The van der Waals surface area contributed by atoms with Crippen LogP contribution in [0, 0.1) is 0 Å². The van der Waals surface area contributed by atoms with E-state index < -0.39 is 0 Å². The minimum Gasteiger partial charge on any atom is -0.487 e. The van der Waals surface area contributed by atoms with Crippen LogP contribution in [-0.2, 0) is 6.61 Å². The Morgan fingerprint density at radius 1 is 1.07 bits per heavy atom. The molecule has 0 unspecified atom stereocenters. The predicted octanol–water partition coefficient (Wildman–Crippen LogP) is 4.85. The van der Waals surface area contributed by atoms with Gasteiger partial charge in [0.15, 0.2) is 0 Å². The van der Waals surface area contributed by atoms with Gasteiger partial charge in [-0.2, -0.15) is 0 Å². The summed E-state index contributed by atoms with van der Waals surface area (Å²) in [5, 5.41) is 2.04. The van der Waals surface area contributed by atoms with Crippen molar-refractivity contribution in [3.8, 4) is 5.75 Å². The van der Waals surface area contributed by atoms with Crippen molar-refractivity contribution in [1.82, 2.24) is 0 Å². The molecule has 0 spiro atoms. The molecule has 0 N–H and O–H groups in total. The number of hydrogen-bond acceptors (Lipinski definition) is 2. The molecule has 2 aromatic rings. The van der Waals surface area contributed by atoms with Gasteiger partial charge < -0.3 is 4.74 Å². The maximum Gasteiger partial charge on any atom is 0.134 e. The van der Waals surface area contributed by atoms with E-state index in [0.717, 1.165) is 14.7 Å². The van der Waals surface area contributed by atoms with Gasteiger partial charge in [0.25, 0.3) is 0 Å². The van der Waals surface area contributed by atoms with E-state index in [9.17, 15) is 0 Å². The Hall–Kier alpha value is -0.320. The molecule has 0 radical (unpaired) electrons. The van der Waals surface area contributed by atoms with Crippen molar-refractivity contribution in [3.05, 3.63) is 49.5 Å². The zero-order valence-corrected chi connectivity index (χ0v) is 11.7. The molecule has 0 atom stereocenters. The molecule has 1 nitrogen and oxygen atoms in total. The average Bonchev–Trinajstić information content (AvgIpc) is 2.63. The van der Waals surface area contributed by atoms with E-state index in [4.69, 9.17) is 4.74 Å². The van der Waals surface area contributed by atoms with Gasteiger partial charge >= 0.3 is 0 Å². The highest BCUT2D eigenvalue weighted by molar-refractivity contribution is 9.10. The minimum absolute atomic E-state index is 0.598. The molecule has 1 aromatic heterocycles. The minimum atomic E-state index is 0.598. The van der Waals surface area contributed by atoms with E-state index in [1.165, 1.54) is 4.88 Å². The van der Waals surface area contributed by atoms with Crippen molar-refractivity contribution in [2.24, 2.45) is 0 Å². The van der Waals surface area contributed by atoms with Crippen molar-refractivity contribution < 1.29 is 4.74 Å². The lowest BCUT2D eigenvalue weighted by molar-refractivity contribution is 0.307. The molecule has 0 aliphatic rings. The third-order valence-electron chi connectivity index (χ3n) is 1.89. The van der Waals surface area contributed by atoms with Crippen LogP contribution in [0.5, 0.6) is 5.75 Å². The first-order valence-electron chi connectivity index (χ1n) is 4.36. The van der Waals surface area contributed by atoms with Crippen molar-refractivity contribution in [3.63, 3.8) is 0 Å². The molecular weight excluding hydrogens is 340 g/mol. The number of hydrogen-bond donors (Lipinski definition) is 0. The summed E-state index contributed by atoms with van der Waals surface area (Å²) in [6.45, 7) is 0.598. The Labute approximate surface area is 109 Å². The third-order valence-corrected chi connectivity index (χ3v) is 4.44. The van der Waals surface area contributed by atoms with E-state index in [0.29, 0.717) is 6.61 Å². The van der Waals surface area contributed by atoms with Crippen LogP contribution in [0.25, 0.3) is 0 Å². The zero-order valence-electron chi connectivity index (χ0n) is 7.74. The first kappa shape index (κ1) is 11.2. The Balaban J connectivity index is 2.06. The normalized spacial score (nSPS) is 10.3. The van der Waals surface area contributed by atoms with Crippen molar-refractivity contribution >= 4 is 43.2 Å². The summed E-state index contributed by atoms with van der Waals surface area (Å²) < 4.78 is 7.79. The monoisotopic (exact) mass is 346 g/mol. The molecule has 0 aliphatic heterocycles. The van der Waals surface area contributed by atoms with Gasteiger partial charge in [-0.05, 0) is 55.4 Å². The molecule has 0 bridgehead atoms. The lowest BCUT2D eigenvalue weighted by Gasteiger charge is -2.06. The van der Waals surface area contributed by atoms with E-state index in [1.807, 2.05) is 35.7 Å². The molecule has 0 saturated carbocycles. The van der Waals surface area contributed by atoms with Crippen LogP contribution in [0.4, 0.5) is 0 Å². The van der Waals surface area contributed by atoms with Crippen molar-refractivity contribution in [2.75, 3.05) is 0 Å². The fraction of sp³-hybridized carbons (Fsp3) is 0.0909. The molecule has 4 heteroatoms. The van der Waals surface area contributed by atoms with Crippen LogP contribution < -0.4 is 4.74 Å². The predicted molar refractivity (Wildman–Crippen MR) is 70.5 cm³/mol. The first-order valence-corrected chi connectivity index (χ1v) is 6.83. The van der Waals surface area contributed by atoms with Crippen LogP contribution in [0.1, 0.15) is 4.88 Å². The van der Waals surface area contributed by atoms with Crippen LogP contribution in [0.15, 0.2) is 44.7 Å². The number of halogens is 2. The van der Waals surface area contributed by atoms with E-state index in [-0.39, 0.29) is 0 Å². The molecule has 0 aliphatic carbocycles. The summed E-state index contributed by atoms with van der Waals surface area (Å²) in [5.74, 6) is 0.873. The van der Waals surface area contributed by atoms with Crippen LogP contribution >= 0.6 is 43.2 Å². The molecule has 0 fully saturated rings. The van der Waals surface area contributed by atoms with Crippen LogP contribution in [0.3, 0.4) is 0 Å². The largest absolute Gasteiger partial charge is 0.487 e. The molecule has 2 rings (SSSR count). The van der Waals surface area contributed by atoms with Gasteiger partial charge in [-0.25, -0.2) is 0 Å². The first-order chi connectivity index (χ1) is 7.27. The van der Waals surface area contributed by atoms with Gasteiger partial charge in [-0.1, -0.05) is 12.1 Å². The number of para-hydroxylation sites is 1. The summed E-state index contributed by atoms with van der Waals surface area (Å²) in [6, 6.07) is 9.88. The SMILES string of the molecule is Brc1ccccc1OCc1sccc1Br. The third kappa shape index (κ3) is 2.83. The lowest BCUT2D eigenvalue weighted by Crippen LogP contribution is -1.93. The fourth-order valence-corrected chi connectivity index (χ4v) is 2.91. The maximum absolute atomic E-state index is 5.70. The average molecular weight is 348 g/mol. The standard InChI is InChI=1S/C11H8Br2OS/c12-8-3-1-2-4-10(8)14-7-11-9(13)5-6-15-11/h1-6H,7H2. The second kappa shape index (κ2) is 5.14. The quantitative estimate of drug-likeness (QED) is 0.771. The zero-order chi connectivity index (χ0) is 10.7. The van der Waals surface area contributed by atoms with Crippen LogP contribution in [-0.4, -0.2) is 0 Å². The van der Waals surface area contributed by atoms with Gasteiger partial charge in [0, 0.05) is 4.47 Å². The van der Waals surface area contributed by atoms with Gasteiger partial charge in [-0.15, -0.1) is 11.3 Å². The van der Waals surface area contributed by atoms with Gasteiger partial charge in [0.1, 0.15) is 12.4 Å². The summed E-state index contributed by atoms with van der Waals surface area (Å²) in [4.78, 5) is 1.20. The Morgan fingerprint density at radius 2 is 1.87 bits per heavy atom. The molecule has 15 heavy (non-hydrogen) atoms. The summed E-state index contributed by atoms with van der Waals surface area (Å²) >= 11 is 8.61. The molecular formula is C11H8Br2OS. The maximum atomic E-state index is 5.70. The highest BCUT2D eigenvalue weighted by Crippen LogP contribution is 2.28.